The Morgan fingerprint density at radius 2 is 1.95 bits per heavy atom. The van der Waals surface area contributed by atoms with Crippen molar-refractivity contribution < 1.29 is 0 Å². The molecule has 2 unspecified atom stereocenters. The van der Waals surface area contributed by atoms with Crippen molar-refractivity contribution in [1.29, 1.82) is 0 Å². The van der Waals surface area contributed by atoms with E-state index in [-0.39, 0.29) is 5.54 Å². The van der Waals surface area contributed by atoms with Gasteiger partial charge in [0.2, 0.25) is 0 Å². The lowest BCUT2D eigenvalue weighted by atomic mass is 9.99. The third-order valence-electron chi connectivity index (χ3n) is 4.21. The minimum atomic E-state index is 0.210. The van der Waals surface area contributed by atoms with Crippen molar-refractivity contribution in [2.24, 2.45) is 11.8 Å². The number of nitrogens with zero attached hydrogens (tertiary/aromatic N) is 2. The van der Waals surface area contributed by atoms with Gasteiger partial charge in [-0.1, -0.05) is 13.8 Å². The highest BCUT2D eigenvalue weighted by Gasteiger charge is 2.26. The first-order valence-electron chi connectivity index (χ1n) is 7.83. The van der Waals surface area contributed by atoms with Gasteiger partial charge in [0.1, 0.15) is 0 Å². The third kappa shape index (κ3) is 6.24. The van der Waals surface area contributed by atoms with Crippen LogP contribution in [0.4, 0.5) is 0 Å². The van der Waals surface area contributed by atoms with Gasteiger partial charge in [-0.05, 0) is 59.7 Å². The van der Waals surface area contributed by atoms with Crippen LogP contribution in [0.1, 0.15) is 41.0 Å². The van der Waals surface area contributed by atoms with Gasteiger partial charge < -0.3 is 15.1 Å². The molecule has 0 aliphatic carbocycles. The summed E-state index contributed by atoms with van der Waals surface area (Å²) >= 11 is 0. The van der Waals surface area contributed by atoms with E-state index in [0.29, 0.717) is 12.0 Å². The molecule has 1 saturated heterocycles. The summed E-state index contributed by atoms with van der Waals surface area (Å²) in [5.74, 6) is 1.55. The molecule has 1 heterocycles. The van der Waals surface area contributed by atoms with E-state index in [1.165, 1.54) is 26.1 Å². The molecule has 1 aliphatic rings. The highest BCUT2D eigenvalue weighted by atomic mass is 15.2. The van der Waals surface area contributed by atoms with Crippen molar-refractivity contribution in [3.05, 3.63) is 0 Å². The fourth-order valence-electron chi connectivity index (χ4n) is 3.03. The van der Waals surface area contributed by atoms with Crippen LogP contribution in [0.25, 0.3) is 0 Å². The van der Waals surface area contributed by atoms with Crippen LogP contribution in [-0.2, 0) is 0 Å². The van der Waals surface area contributed by atoms with Crippen LogP contribution < -0.4 is 5.32 Å². The zero-order valence-corrected chi connectivity index (χ0v) is 14.2. The van der Waals surface area contributed by atoms with Crippen molar-refractivity contribution in [3.63, 3.8) is 0 Å². The van der Waals surface area contributed by atoms with E-state index < -0.39 is 0 Å². The molecule has 19 heavy (non-hydrogen) atoms. The molecule has 0 aromatic heterocycles. The van der Waals surface area contributed by atoms with Gasteiger partial charge in [-0.3, -0.25) is 0 Å². The summed E-state index contributed by atoms with van der Waals surface area (Å²) in [6, 6.07) is 0.630. The lowest BCUT2D eigenvalue weighted by Gasteiger charge is -2.35. The number of hydrogen-bond acceptors (Lipinski definition) is 3. The fraction of sp³-hybridized carbons (Fsp3) is 1.00. The first-order chi connectivity index (χ1) is 8.69. The average Bonchev–Trinajstić information content (AvgIpc) is 2.61. The van der Waals surface area contributed by atoms with E-state index in [1.54, 1.807) is 0 Å². The van der Waals surface area contributed by atoms with Crippen molar-refractivity contribution in [3.8, 4) is 0 Å². The zero-order valence-electron chi connectivity index (χ0n) is 14.2. The van der Waals surface area contributed by atoms with Gasteiger partial charge in [-0.25, -0.2) is 0 Å². The Kier molecular flexibility index (Phi) is 6.28. The van der Waals surface area contributed by atoms with Gasteiger partial charge in [0, 0.05) is 31.2 Å². The Morgan fingerprint density at radius 1 is 1.32 bits per heavy atom. The van der Waals surface area contributed by atoms with Crippen LogP contribution in [0.2, 0.25) is 0 Å². The molecule has 0 aromatic rings. The Hall–Kier alpha value is -0.120. The molecule has 0 amide bonds. The van der Waals surface area contributed by atoms with E-state index in [1.807, 2.05) is 0 Å². The minimum absolute atomic E-state index is 0.210. The van der Waals surface area contributed by atoms with E-state index >= 15 is 0 Å². The number of likely N-dealkylation sites (tertiary alicyclic amines) is 1. The summed E-state index contributed by atoms with van der Waals surface area (Å²) in [4.78, 5) is 5.03. The predicted octanol–water partition coefficient (Wildman–Crippen LogP) is 2.28. The Morgan fingerprint density at radius 3 is 2.37 bits per heavy atom. The quantitative estimate of drug-likeness (QED) is 0.798. The lowest BCUT2D eigenvalue weighted by molar-refractivity contribution is 0.155. The molecule has 1 N–H and O–H groups in total. The second kappa shape index (κ2) is 7.05. The van der Waals surface area contributed by atoms with Crippen LogP contribution in [0, 0.1) is 11.8 Å². The molecule has 3 nitrogen and oxygen atoms in total. The van der Waals surface area contributed by atoms with E-state index in [0.717, 1.165) is 12.5 Å². The molecular formula is C16H35N3. The van der Waals surface area contributed by atoms with Crippen LogP contribution >= 0.6 is 0 Å². The van der Waals surface area contributed by atoms with E-state index in [9.17, 15) is 0 Å². The first-order valence-corrected chi connectivity index (χ1v) is 7.83. The molecule has 114 valence electrons. The molecule has 0 saturated carbocycles. The average molecular weight is 269 g/mol. The van der Waals surface area contributed by atoms with Gasteiger partial charge >= 0.3 is 0 Å². The second-order valence-electron chi connectivity index (χ2n) is 7.80. The minimum Gasteiger partial charge on any atom is -0.311 e. The maximum Gasteiger partial charge on any atom is 0.0240 e. The van der Waals surface area contributed by atoms with Gasteiger partial charge in [0.25, 0.3) is 0 Å². The standard InChI is InChI=1S/C16H35N3/c1-13(2)15(10-17-16(3,4)5)19(7)12-14-8-9-18(6)11-14/h13-15,17H,8-12H2,1-7H3. The van der Waals surface area contributed by atoms with Crippen molar-refractivity contribution in [2.75, 3.05) is 40.3 Å². The molecule has 1 rings (SSSR count). The number of likely N-dealkylation sites (N-methyl/N-ethyl adjacent to an activating group) is 1. The van der Waals surface area contributed by atoms with Gasteiger partial charge in [-0.2, -0.15) is 0 Å². The monoisotopic (exact) mass is 269 g/mol. The normalized spacial score (nSPS) is 23.5. The molecule has 1 aliphatic heterocycles. The smallest absolute Gasteiger partial charge is 0.0240 e. The van der Waals surface area contributed by atoms with Crippen molar-refractivity contribution in [2.45, 2.75) is 52.6 Å². The van der Waals surface area contributed by atoms with Crippen LogP contribution in [0.15, 0.2) is 0 Å². The van der Waals surface area contributed by atoms with E-state index in [4.69, 9.17) is 0 Å². The Bertz CT molecular complexity index is 257. The lowest BCUT2D eigenvalue weighted by Crippen LogP contribution is -2.49. The number of nitrogens with one attached hydrogen (secondary N) is 1. The summed E-state index contributed by atoms with van der Waals surface area (Å²) in [6.45, 7) is 16.3. The highest BCUT2D eigenvalue weighted by molar-refractivity contribution is 4.83. The molecule has 2 atom stereocenters. The number of hydrogen-bond donors (Lipinski definition) is 1. The summed E-state index contributed by atoms with van der Waals surface area (Å²) in [6.07, 6.45) is 1.36. The van der Waals surface area contributed by atoms with Crippen molar-refractivity contribution in [1.82, 2.24) is 15.1 Å². The molecular weight excluding hydrogens is 234 g/mol. The zero-order chi connectivity index (χ0) is 14.6. The van der Waals surface area contributed by atoms with Gasteiger partial charge in [0.15, 0.2) is 0 Å². The summed E-state index contributed by atoms with van der Waals surface area (Å²) in [7, 11) is 4.54. The van der Waals surface area contributed by atoms with Gasteiger partial charge in [-0.15, -0.1) is 0 Å². The second-order valence-corrected chi connectivity index (χ2v) is 7.80. The Labute approximate surface area is 120 Å². The molecule has 3 heteroatoms. The first kappa shape index (κ1) is 16.9. The summed E-state index contributed by atoms with van der Waals surface area (Å²) in [5.41, 5.74) is 0.210. The molecule has 0 spiro atoms. The van der Waals surface area contributed by atoms with E-state index in [2.05, 4.69) is 63.8 Å². The molecule has 0 radical (unpaired) electrons. The molecule has 0 bridgehead atoms. The fourth-order valence-corrected chi connectivity index (χ4v) is 3.03. The van der Waals surface area contributed by atoms with Crippen molar-refractivity contribution >= 4 is 0 Å². The summed E-state index contributed by atoms with van der Waals surface area (Å²) < 4.78 is 0. The predicted molar refractivity (Wildman–Crippen MR) is 84.6 cm³/mol. The maximum absolute atomic E-state index is 3.67. The largest absolute Gasteiger partial charge is 0.311 e. The number of rotatable bonds is 6. The van der Waals surface area contributed by atoms with Crippen LogP contribution in [0.5, 0.6) is 0 Å². The SMILES string of the molecule is CC(C)C(CNC(C)(C)C)N(C)CC1CCN(C)C1. The highest BCUT2D eigenvalue weighted by Crippen LogP contribution is 2.18. The summed E-state index contributed by atoms with van der Waals surface area (Å²) in [5, 5.41) is 3.67. The molecule has 0 aromatic carbocycles. The maximum atomic E-state index is 3.67. The van der Waals surface area contributed by atoms with Gasteiger partial charge in [0.05, 0.1) is 0 Å². The topological polar surface area (TPSA) is 18.5 Å². The molecule has 1 fully saturated rings. The Balaban J connectivity index is 2.46. The van der Waals surface area contributed by atoms with Crippen LogP contribution in [0.3, 0.4) is 0 Å². The third-order valence-corrected chi connectivity index (χ3v) is 4.21. The van der Waals surface area contributed by atoms with Crippen LogP contribution in [-0.4, -0.2) is 61.7 Å².